The topological polar surface area (TPSA) is 72.9 Å². The Balaban J connectivity index is 1.81. The Morgan fingerprint density at radius 3 is 2.73 bits per heavy atom. The number of amides is 1. The number of guanidine groups is 1. The monoisotopic (exact) mass is 360 g/mol. The average molecular weight is 361 g/mol. The van der Waals surface area contributed by atoms with Gasteiger partial charge in [0.05, 0.1) is 5.69 Å². The van der Waals surface area contributed by atoms with Crippen molar-refractivity contribution in [2.45, 2.75) is 38.8 Å². The number of aromatic nitrogens is 1. The van der Waals surface area contributed by atoms with Crippen molar-refractivity contribution in [2.24, 2.45) is 4.99 Å². The fourth-order valence-electron chi connectivity index (χ4n) is 2.83. The zero-order valence-electron chi connectivity index (χ0n) is 16.2. The first-order valence-electron chi connectivity index (χ1n) is 9.45. The van der Waals surface area contributed by atoms with E-state index in [1.165, 1.54) is 0 Å². The lowest BCUT2D eigenvalue weighted by molar-refractivity contribution is -0.127. The van der Waals surface area contributed by atoms with Gasteiger partial charge in [-0.05, 0) is 31.4 Å². The van der Waals surface area contributed by atoms with Crippen LogP contribution in [0.3, 0.4) is 0 Å². The maximum atomic E-state index is 11.8. The molecule has 1 saturated heterocycles. The van der Waals surface area contributed by atoms with Crippen LogP contribution >= 0.6 is 0 Å². The first kappa shape index (κ1) is 20.2. The van der Waals surface area contributed by atoms with Crippen molar-refractivity contribution in [1.82, 2.24) is 25.4 Å². The Hall–Kier alpha value is -2.15. The van der Waals surface area contributed by atoms with E-state index in [1.54, 1.807) is 19.0 Å². The lowest BCUT2D eigenvalue weighted by atomic mass is 10.0. The molecule has 1 aromatic rings. The van der Waals surface area contributed by atoms with Crippen LogP contribution in [0, 0.1) is 0 Å². The van der Waals surface area contributed by atoms with Crippen molar-refractivity contribution in [2.75, 3.05) is 40.3 Å². The summed E-state index contributed by atoms with van der Waals surface area (Å²) in [4.78, 5) is 24.6. The van der Waals surface area contributed by atoms with Crippen molar-refractivity contribution < 1.29 is 4.79 Å². The van der Waals surface area contributed by atoms with E-state index in [0.29, 0.717) is 6.04 Å². The van der Waals surface area contributed by atoms with Gasteiger partial charge in [0, 0.05) is 52.5 Å². The predicted molar refractivity (Wildman–Crippen MR) is 105 cm³/mol. The van der Waals surface area contributed by atoms with Crippen LogP contribution in [0.1, 0.15) is 31.9 Å². The Bertz CT molecular complexity index is 567. The summed E-state index contributed by atoms with van der Waals surface area (Å²) in [6.45, 7) is 6.11. The fourth-order valence-corrected chi connectivity index (χ4v) is 2.83. The Kier molecular flexibility index (Phi) is 8.34. The molecule has 0 spiro atoms. The van der Waals surface area contributed by atoms with E-state index in [2.05, 4.69) is 38.5 Å². The molecule has 2 N–H and O–H groups in total. The van der Waals surface area contributed by atoms with Gasteiger partial charge in [-0.15, -0.1) is 0 Å². The largest absolute Gasteiger partial charge is 0.356 e. The highest BCUT2D eigenvalue weighted by atomic mass is 16.2. The molecule has 2 heterocycles. The maximum Gasteiger partial charge on any atom is 0.243 e. The molecule has 1 aromatic heterocycles. The SMILES string of the molecule is CCCNC(=NCC(=O)N(C)C)NC1CCN(Cc2ccccn2)CC1. The molecule has 1 fully saturated rings. The normalized spacial score (nSPS) is 16.3. The molecule has 2 rings (SSSR count). The molecule has 26 heavy (non-hydrogen) atoms. The minimum atomic E-state index is 0.00720. The summed E-state index contributed by atoms with van der Waals surface area (Å²) in [6, 6.07) is 6.44. The highest BCUT2D eigenvalue weighted by molar-refractivity contribution is 5.84. The Labute approximate surface area is 156 Å². The second kappa shape index (κ2) is 10.8. The molecular formula is C19H32N6O. The molecule has 1 aliphatic heterocycles. The first-order valence-corrected chi connectivity index (χ1v) is 9.45. The van der Waals surface area contributed by atoms with Crippen molar-refractivity contribution in [3.05, 3.63) is 30.1 Å². The van der Waals surface area contributed by atoms with Crippen LogP contribution in [0.25, 0.3) is 0 Å². The van der Waals surface area contributed by atoms with E-state index < -0.39 is 0 Å². The smallest absolute Gasteiger partial charge is 0.243 e. The van der Waals surface area contributed by atoms with Crippen LogP contribution in [0.4, 0.5) is 0 Å². The summed E-state index contributed by atoms with van der Waals surface area (Å²) in [5, 5.41) is 6.80. The molecule has 0 aliphatic carbocycles. The van der Waals surface area contributed by atoms with Crippen molar-refractivity contribution in [3.8, 4) is 0 Å². The molecule has 0 aromatic carbocycles. The van der Waals surface area contributed by atoms with E-state index in [9.17, 15) is 4.79 Å². The first-order chi connectivity index (χ1) is 12.6. The predicted octanol–water partition coefficient (Wildman–Crippen LogP) is 1.08. The van der Waals surface area contributed by atoms with Gasteiger partial charge in [-0.2, -0.15) is 0 Å². The fraction of sp³-hybridized carbons (Fsp3) is 0.632. The summed E-state index contributed by atoms with van der Waals surface area (Å²) in [6.07, 6.45) is 4.98. The van der Waals surface area contributed by atoms with Crippen LogP contribution in [0.2, 0.25) is 0 Å². The van der Waals surface area contributed by atoms with E-state index >= 15 is 0 Å². The van der Waals surface area contributed by atoms with Crippen LogP contribution in [0.5, 0.6) is 0 Å². The molecule has 1 amide bonds. The van der Waals surface area contributed by atoms with Crippen LogP contribution in [-0.4, -0.2) is 73.0 Å². The third-order valence-electron chi connectivity index (χ3n) is 4.45. The molecule has 0 atom stereocenters. The highest BCUT2D eigenvalue weighted by Crippen LogP contribution is 2.12. The Morgan fingerprint density at radius 2 is 2.12 bits per heavy atom. The molecule has 7 heteroatoms. The average Bonchev–Trinajstić information content (AvgIpc) is 2.65. The van der Waals surface area contributed by atoms with E-state index in [0.717, 1.165) is 57.1 Å². The molecule has 144 valence electrons. The van der Waals surface area contributed by atoms with E-state index in [-0.39, 0.29) is 12.5 Å². The third kappa shape index (κ3) is 7.00. The van der Waals surface area contributed by atoms with Crippen molar-refractivity contribution in [3.63, 3.8) is 0 Å². The van der Waals surface area contributed by atoms with Gasteiger partial charge in [-0.25, -0.2) is 4.99 Å². The second-order valence-electron chi connectivity index (χ2n) is 6.90. The number of likely N-dealkylation sites (N-methyl/N-ethyl adjacent to an activating group) is 1. The Morgan fingerprint density at radius 1 is 1.35 bits per heavy atom. The summed E-state index contributed by atoms with van der Waals surface area (Å²) in [5.41, 5.74) is 1.12. The third-order valence-corrected chi connectivity index (χ3v) is 4.45. The molecular weight excluding hydrogens is 328 g/mol. The van der Waals surface area contributed by atoms with Gasteiger partial charge >= 0.3 is 0 Å². The zero-order chi connectivity index (χ0) is 18.8. The summed E-state index contributed by atoms with van der Waals surface area (Å²) in [7, 11) is 3.50. The number of hydrogen-bond donors (Lipinski definition) is 2. The summed E-state index contributed by atoms with van der Waals surface area (Å²) in [5.74, 6) is 0.748. The molecule has 0 bridgehead atoms. The zero-order valence-corrected chi connectivity index (χ0v) is 16.2. The lowest BCUT2D eigenvalue weighted by Gasteiger charge is -2.33. The van der Waals surface area contributed by atoms with Crippen LogP contribution in [-0.2, 0) is 11.3 Å². The van der Waals surface area contributed by atoms with Gasteiger partial charge in [0.2, 0.25) is 5.91 Å². The van der Waals surface area contributed by atoms with Crippen molar-refractivity contribution >= 4 is 11.9 Å². The highest BCUT2D eigenvalue weighted by Gasteiger charge is 2.20. The van der Waals surface area contributed by atoms with Gasteiger partial charge in [-0.3, -0.25) is 14.7 Å². The van der Waals surface area contributed by atoms with Crippen molar-refractivity contribution in [1.29, 1.82) is 0 Å². The number of piperidine rings is 1. The van der Waals surface area contributed by atoms with Crippen LogP contribution < -0.4 is 10.6 Å². The number of pyridine rings is 1. The summed E-state index contributed by atoms with van der Waals surface area (Å²) >= 11 is 0. The minimum absolute atomic E-state index is 0.00720. The number of rotatable bonds is 7. The van der Waals surface area contributed by atoms with E-state index in [1.807, 2.05) is 18.3 Å². The number of carbonyl (C=O) groups is 1. The standard InChI is InChI=1S/C19H32N6O/c1-4-10-21-19(22-14-18(26)24(2)3)23-16-8-12-25(13-9-16)15-17-7-5-6-11-20-17/h5-7,11,16H,4,8-10,12-15H2,1-3H3,(H2,21,22,23). The van der Waals surface area contributed by atoms with E-state index in [4.69, 9.17) is 0 Å². The van der Waals surface area contributed by atoms with Gasteiger partial charge in [0.1, 0.15) is 6.54 Å². The number of nitrogens with zero attached hydrogens (tertiary/aromatic N) is 4. The second-order valence-corrected chi connectivity index (χ2v) is 6.90. The van der Waals surface area contributed by atoms with Gasteiger partial charge in [0.25, 0.3) is 0 Å². The van der Waals surface area contributed by atoms with Crippen LogP contribution in [0.15, 0.2) is 29.4 Å². The number of likely N-dealkylation sites (tertiary alicyclic amines) is 1. The molecule has 0 radical (unpaired) electrons. The lowest BCUT2D eigenvalue weighted by Crippen LogP contribution is -2.49. The summed E-state index contributed by atoms with van der Waals surface area (Å²) < 4.78 is 0. The quantitative estimate of drug-likeness (QED) is 0.562. The van der Waals surface area contributed by atoms with Gasteiger partial charge in [-0.1, -0.05) is 13.0 Å². The molecule has 0 unspecified atom stereocenters. The maximum absolute atomic E-state index is 11.8. The number of carbonyl (C=O) groups excluding carboxylic acids is 1. The van der Waals surface area contributed by atoms with Gasteiger partial charge in [0.15, 0.2) is 5.96 Å². The van der Waals surface area contributed by atoms with Gasteiger partial charge < -0.3 is 15.5 Å². The number of hydrogen-bond acceptors (Lipinski definition) is 4. The minimum Gasteiger partial charge on any atom is -0.356 e. The molecule has 7 nitrogen and oxygen atoms in total. The number of aliphatic imine (C=N–C) groups is 1. The number of nitrogens with one attached hydrogen (secondary N) is 2. The molecule has 0 saturated carbocycles. The molecule has 1 aliphatic rings.